The van der Waals surface area contributed by atoms with E-state index < -0.39 is 0 Å². The Labute approximate surface area is 117 Å². The van der Waals surface area contributed by atoms with Gasteiger partial charge in [0.25, 0.3) is 0 Å². The number of benzene rings is 1. The number of rotatable bonds is 4. The van der Waals surface area contributed by atoms with E-state index in [4.69, 9.17) is 33.0 Å². The minimum atomic E-state index is 0.0345. The van der Waals surface area contributed by atoms with E-state index in [-0.39, 0.29) is 12.7 Å². The lowest BCUT2D eigenvalue weighted by molar-refractivity contribution is -0.0312. The summed E-state index contributed by atoms with van der Waals surface area (Å²) in [5, 5.41) is 9.98. The number of nitrogens with zero attached hydrogens (tertiary/aromatic N) is 1. The van der Waals surface area contributed by atoms with Crippen molar-refractivity contribution in [2.45, 2.75) is 12.5 Å². The van der Waals surface area contributed by atoms with Crippen LogP contribution in [0.15, 0.2) is 18.2 Å². The van der Waals surface area contributed by atoms with Gasteiger partial charge >= 0.3 is 0 Å². The summed E-state index contributed by atoms with van der Waals surface area (Å²) in [7, 11) is 0. The standard InChI is InChI=1S/C13H17Cl2NO2/c14-11-3-2-10(8-12(11)15)13-9-16(4-1-6-17)5-7-18-13/h2-3,8,13,17H,1,4-7,9H2/t13-/m1/s1. The first-order valence-electron chi connectivity index (χ1n) is 6.10. The van der Waals surface area contributed by atoms with Crippen molar-refractivity contribution < 1.29 is 9.84 Å². The van der Waals surface area contributed by atoms with Gasteiger partial charge in [0.2, 0.25) is 0 Å². The molecule has 1 saturated heterocycles. The van der Waals surface area contributed by atoms with Gasteiger partial charge < -0.3 is 9.84 Å². The number of hydrogen-bond donors (Lipinski definition) is 1. The molecule has 0 spiro atoms. The van der Waals surface area contributed by atoms with Crippen molar-refractivity contribution in [2.75, 3.05) is 32.8 Å². The lowest BCUT2D eigenvalue weighted by Crippen LogP contribution is -2.39. The van der Waals surface area contributed by atoms with Crippen LogP contribution in [0.2, 0.25) is 10.0 Å². The van der Waals surface area contributed by atoms with E-state index in [9.17, 15) is 0 Å². The van der Waals surface area contributed by atoms with Crippen LogP contribution in [0.4, 0.5) is 0 Å². The molecule has 0 aliphatic carbocycles. The van der Waals surface area contributed by atoms with Crippen molar-refractivity contribution in [1.82, 2.24) is 4.90 Å². The second kappa shape index (κ2) is 6.73. The number of aliphatic hydroxyl groups excluding tert-OH is 1. The first kappa shape index (κ1) is 14.1. The van der Waals surface area contributed by atoms with Gasteiger partial charge in [-0.2, -0.15) is 0 Å². The van der Waals surface area contributed by atoms with Gasteiger partial charge in [0.1, 0.15) is 0 Å². The molecular formula is C13H17Cl2NO2. The molecule has 1 fully saturated rings. The summed E-state index contributed by atoms with van der Waals surface area (Å²) in [6.45, 7) is 3.58. The Morgan fingerprint density at radius 1 is 1.33 bits per heavy atom. The van der Waals surface area contributed by atoms with Crippen LogP contribution in [0.3, 0.4) is 0 Å². The Morgan fingerprint density at radius 3 is 2.89 bits per heavy atom. The van der Waals surface area contributed by atoms with Crippen LogP contribution in [-0.4, -0.2) is 42.9 Å². The Kier molecular flexibility index (Phi) is 5.27. The van der Waals surface area contributed by atoms with Crippen LogP contribution in [-0.2, 0) is 4.74 Å². The molecule has 0 unspecified atom stereocenters. The average molecular weight is 290 g/mol. The van der Waals surface area contributed by atoms with Crippen molar-refractivity contribution in [3.8, 4) is 0 Å². The molecule has 18 heavy (non-hydrogen) atoms. The second-order valence-corrected chi connectivity index (χ2v) is 5.23. The first-order valence-corrected chi connectivity index (χ1v) is 6.86. The highest BCUT2D eigenvalue weighted by Gasteiger charge is 2.21. The summed E-state index contributed by atoms with van der Waals surface area (Å²) in [5.41, 5.74) is 1.05. The average Bonchev–Trinajstić information content (AvgIpc) is 2.40. The van der Waals surface area contributed by atoms with Crippen molar-refractivity contribution in [3.63, 3.8) is 0 Å². The zero-order valence-corrected chi connectivity index (χ0v) is 11.6. The molecule has 5 heteroatoms. The lowest BCUT2D eigenvalue weighted by Gasteiger charge is -2.33. The molecular weight excluding hydrogens is 273 g/mol. The Morgan fingerprint density at radius 2 is 2.17 bits per heavy atom. The molecule has 1 N–H and O–H groups in total. The van der Waals surface area contributed by atoms with Crippen molar-refractivity contribution in [1.29, 1.82) is 0 Å². The second-order valence-electron chi connectivity index (χ2n) is 4.41. The van der Waals surface area contributed by atoms with E-state index >= 15 is 0 Å². The first-order chi connectivity index (χ1) is 8.70. The van der Waals surface area contributed by atoms with Gasteiger partial charge in [0.15, 0.2) is 0 Å². The number of halogens is 2. The maximum absolute atomic E-state index is 8.86. The molecule has 1 aromatic rings. The maximum Gasteiger partial charge on any atom is 0.0952 e. The van der Waals surface area contributed by atoms with Gasteiger partial charge in [-0.1, -0.05) is 29.3 Å². The molecule has 100 valence electrons. The van der Waals surface area contributed by atoms with Gasteiger partial charge in [-0.3, -0.25) is 4.90 Å². The van der Waals surface area contributed by atoms with Gasteiger partial charge in [-0.25, -0.2) is 0 Å². The quantitative estimate of drug-likeness (QED) is 0.925. The number of aliphatic hydroxyl groups is 1. The van der Waals surface area contributed by atoms with E-state index in [1.54, 1.807) is 6.07 Å². The van der Waals surface area contributed by atoms with E-state index in [0.717, 1.165) is 31.6 Å². The number of morpholine rings is 1. The molecule has 0 bridgehead atoms. The molecule has 1 aliphatic heterocycles. The van der Waals surface area contributed by atoms with Crippen molar-refractivity contribution in [2.24, 2.45) is 0 Å². The summed E-state index contributed by atoms with van der Waals surface area (Å²) in [4.78, 5) is 2.30. The van der Waals surface area contributed by atoms with Crippen LogP contribution in [0.25, 0.3) is 0 Å². The fraction of sp³-hybridized carbons (Fsp3) is 0.538. The maximum atomic E-state index is 8.86. The number of ether oxygens (including phenoxy) is 1. The zero-order valence-electron chi connectivity index (χ0n) is 10.1. The van der Waals surface area contributed by atoms with Crippen LogP contribution in [0.5, 0.6) is 0 Å². The molecule has 3 nitrogen and oxygen atoms in total. The van der Waals surface area contributed by atoms with Crippen molar-refractivity contribution in [3.05, 3.63) is 33.8 Å². The third-order valence-corrected chi connectivity index (χ3v) is 3.84. The van der Waals surface area contributed by atoms with Crippen LogP contribution in [0, 0.1) is 0 Å². The normalized spacial score (nSPS) is 21.2. The van der Waals surface area contributed by atoms with Gasteiger partial charge in [-0.05, 0) is 24.1 Å². The van der Waals surface area contributed by atoms with Crippen LogP contribution < -0.4 is 0 Å². The molecule has 0 saturated carbocycles. The smallest absolute Gasteiger partial charge is 0.0952 e. The molecule has 2 rings (SSSR count). The molecule has 0 aromatic heterocycles. The molecule has 1 aliphatic rings. The van der Waals surface area contributed by atoms with E-state index in [2.05, 4.69) is 4.90 Å². The summed E-state index contributed by atoms with van der Waals surface area (Å²) in [6.07, 6.45) is 0.834. The fourth-order valence-corrected chi connectivity index (χ4v) is 2.42. The van der Waals surface area contributed by atoms with E-state index in [0.29, 0.717) is 16.7 Å². The highest BCUT2D eigenvalue weighted by molar-refractivity contribution is 6.42. The third kappa shape index (κ3) is 3.59. The summed E-state index contributed by atoms with van der Waals surface area (Å²) in [6, 6.07) is 5.62. The molecule has 0 amide bonds. The Hall–Kier alpha value is -0.320. The summed E-state index contributed by atoms with van der Waals surface area (Å²) < 4.78 is 5.76. The summed E-state index contributed by atoms with van der Waals surface area (Å²) in [5.74, 6) is 0. The summed E-state index contributed by atoms with van der Waals surface area (Å²) >= 11 is 11.9. The number of hydrogen-bond acceptors (Lipinski definition) is 3. The SMILES string of the molecule is OCCCN1CCO[C@@H](c2ccc(Cl)c(Cl)c2)C1. The minimum Gasteiger partial charge on any atom is -0.396 e. The predicted molar refractivity (Wildman–Crippen MR) is 73.3 cm³/mol. The van der Waals surface area contributed by atoms with E-state index in [1.165, 1.54) is 0 Å². The molecule has 1 atom stereocenters. The Bertz CT molecular complexity index is 401. The monoisotopic (exact) mass is 289 g/mol. The predicted octanol–water partition coefficient (Wildman–Crippen LogP) is 2.75. The highest BCUT2D eigenvalue weighted by Crippen LogP contribution is 2.28. The minimum absolute atomic E-state index is 0.0345. The Balaban J connectivity index is 2.01. The molecule has 0 radical (unpaired) electrons. The lowest BCUT2D eigenvalue weighted by atomic mass is 10.1. The molecule has 1 heterocycles. The topological polar surface area (TPSA) is 32.7 Å². The highest BCUT2D eigenvalue weighted by atomic mass is 35.5. The largest absolute Gasteiger partial charge is 0.396 e. The van der Waals surface area contributed by atoms with Crippen LogP contribution >= 0.6 is 23.2 Å². The van der Waals surface area contributed by atoms with Crippen molar-refractivity contribution >= 4 is 23.2 Å². The van der Waals surface area contributed by atoms with Gasteiger partial charge in [0, 0.05) is 26.2 Å². The van der Waals surface area contributed by atoms with E-state index in [1.807, 2.05) is 12.1 Å². The zero-order chi connectivity index (χ0) is 13.0. The van der Waals surface area contributed by atoms with Crippen LogP contribution in [0.1, 0.15) is 18.1 Å². The third-order valence-electron chi connectivity index (χ3n) is 3.10. The van der Waals surface area contributed by atoms with Gasteiger partial charge in [0.05, 0.1) is 22.8 Å². The molecule has 1 aromatic carbocycles. The van der Waals surface area contributed by atoms with Gasteiger partial charge in [-0.15, -0.1) is 0 Å². The fourth-order valence-electron chi connectivity index (χ4n) is 2.11.